The van der Waals surface area contributed by atoms with Gasteiger partial charge in [-0.2, -0.15) is 0 Å². The fraction of sp³-hybridized carbons (Fsp3) is 0.867. The highest BCUT2D eigenvalue weighted by Gasteiger charge is 2.08. The molecule has 0 amide bonds. The van der Waals surface area contributed by atoms with Crippen molar-refractivity contribution in [1.29, 1.82) is 0 Å². The highest BCUT2D eigenvalue weighted by atomic mass is 15.1. The third kappa shape index (κ3) is 9.37. The van der Waals surface area contributed by atoms with Crippen LogP contribution in [0.1, 0.15) is 52.4 Å². The second-order valence-electron chi connectivity index (χ2n) is 4.96. The largest absolute Gasteiger partial charge is 0.330 e. The first kappa shape index (κ1) is 16.7. The van der Waals surface area contributed by atoms with Gasteiger partial charge in [-0.05, 0) is 51.2 Å². The van der Waals surface area contributed by atoms with Crippen molar-refractivity contribution in [2.75, 3.05) is 26.2 Å². The lowest BCUT2D eigenvalue weighted by Gasteiger charge is -2.21. The zero-order chi connectivity index (χ0) is 12.9. The summed E-state index contributed by atoms with van der Waals surface area (Å²) in [4.78, 5) is 2.50. The van der Waals surface area contributed by atoms with Gasteiger partial charge in [0.2, 0.25) is 0 Å². The van der Waals surface area contributed by atoms with Crippen molar-refractivity contribution in [3.63, 3.8) is 0 Å². The Labute approximate surface area is 108 Å². The van der Waals surface area contributed by atoms with Crippen molar-refractivity contribution in [2.24, 2.45) is 11.7 Å². The molecule has 0 aromatic rings. The van der Waals surface area contributed by atoms with Gasteiger partial charge >= 0.3 is 0 Å². The summed E-state index contributed by atoms with van der Waals surface area (Å²) < 4.78 is 0. The molecule has 0 rings (SSSR count). The van der Waals surface area contributed by atoms with Gasteiger partial charge in [-0.1, -0.05) is 32.8 Å². The Morgan fingerprint density at radius 3 is 2.41 bits per heavy atom. The fourth-order valence-electron chi connectivity index (χ4n) is 2.47. The Balaban J connectivity index is 3.77. The van der Waals surface area contributed by atoms with Crippen molar-refractivity contribution >= 4 is 0 Å². The second-order valence-corrected chi connectivity index (χ2v) is 4.96. The standard InChI is InChI=1S/C15H32N2/c1-4-8-15(10-11-16)9-7-14-17(12-5-2)13-6-3/h5,15H,2,4,6-14,16H2,1,3H3. The van der Waals surface area contributed by atoms with E-state index in [1.165, 1.54) is 51.6 Å². The molecule has 17 heavy (non-hydrogen) atoms. The van der Waals surface area contributed by atoms with Crippen LogP contribution >= 0.6 is 0 Å². The summed E-state index contributed by atoms with van der Waals surface area (Å²) >= 11 is 0. The van der Waals surface area contributed by atoms with Gasteiger partial charge < -0.3 is 5.73 Å². The molecular weight excluding hydrogens is 208 g/mol. The van der Waals surface area contributed by atoms with E-state index >= 15 is 0 Å². The van der Waals surface area contributed by atoms with E-state index in [2.05, 4.69) is 25.3 Å². The van der Waals surface area contributed by atoms with Crippen molar-refractivity contribution in [1.82, 2.24) is 4.90 Å². The molecular formula is C15H32N2. The summed E-state index contributed by atoms with van der Waals surface area (Å²) in [5.74, 6) is 0.845. The third-order valence-electron chi connectivity index (χ3n) is 3.29. The lowest BCUT2D eigenvalue weighted by atomic mass is 9.94. The monoisotopic (exact) mass is 240 g/mol. The summed E-state index contributed by atoms with van der Waals surface area (Å²) in [6, 6.07) is 0. The van der Waals surface area contributed by atoms with E-state index in [9.17, 15) is 0 Å². The lowest BCUT2D eigenvalue weighted by molar-refractivity contribution is 0.280. The molecule has 2 heteroatoms. The van der Waals surface area contributed by atoms with E-state index in [1.807, 2.05) is 6.08 Å². The molecule has 0 heterocycles. The Kier molecular flexibility index (Phi) is 11.9. The Hall–Kier alpha value is -0.340. The van der Waals surface area contributed by atoms with Gasteiger partial charge in [0.1, 0.15) is 0 Å². The Bertz CT molecular complexity index is 162. The normalized spacial score (nSPS) is 12.9. The van der Waals surface area contributed by atoms with Gasteiger partial charge in [0.15, 0.2) is 0 Å². The van der Waals surface area contributed by atoms with E-state index in [4.69, 9.17) is 5.73 Å². The van der Waals surface area contributed by atoms with Crippen LogP contribution in [0.4, 0.5) is 0 Å². The highest BCUT2D eigenvalue weighted by Crippen LogP contribution is 2.17. The maximum Gasteiger partial charge on any atom is 0.0160 e. The zero-order valence-electron chi connectivity index (χ0n) is 12.0. The summed E-state index contributed by atoms with van der Waals surface area (Å²) in [6.07, 6.45) is 9.71. The minimum atomic E-state index is 0.843. The van der Waals surface area contributed by atoms with Crippen LogP contribution in [0.5, 0.6) is 0 Å². The maximum absolute atomic E-state index is 5.66. The van der Waals surface area contributed by atoms with Crippen molar-refractivity contribution in [3.8, 4) is 0 Å². The fourth-order valence-corrected chi connectivity index (χ4v) is 2.47. The second kappa shape index (κ2) is 12.1. The number of hydrogen-bond donors (Lipinski definition) is 1. The molecule has 102 valence electrons. The van der Waals surface area contributed by atoms with E-state index in [-0.39, 0.29) is 0 Å². The van der Waals surface area contributed by atoms with Crippen molar-refractivity contribution in [3.05, 3.63) is 12.7 Å². The van der Waals surface area contributed by atoms with Crippen LogP contribution in [-0.4, -0.2) is 31.1 Å². The number of nitrogens with two attached hydrogens (primary N) is 1. The van der Waals surface area contributed by atoms with E-state index < -0.39 is 0 Å². The quantitative estimate of drug-likeness (QED) is 0.530. The predicted molar refractivity (Wildman–Crippen MR) is 78.2 cm³/mol. The molecule has 2 nitrogen and oxygen atoms in total. The summed E-state index contributed by atoms with van der Waals surface area (Å²) in [7, 11) is 0. The minimum absolute atomic E-state index is 0.843. The first-order chi connectivity index (χ1) is 8.28. The van der Waals surface area contributed by atoms with Crippen LogP contribution in [0.25, 0.3) is 0 Å². The number of rotatable bonds is 12. The molecule has 0 radical (unpaired) electrons. The summed E-state index contributed by atoms with van der Waals surface area (Å²) in [5, 5.41) is 0. The van der Waals surface area contributed by atoms with Crippen LogP contribution in [0, 0.1) is 5.92 Å². The molecule has 0 saturated carbocycles. The van der Waals surface area contributed by atoms with Crippen molar-refractivity contribution in [2.45, 2.75) is 52.4 Å². The van der Waals surface area contributed by atoms with Gasteiger partial charge in [-0.15, -0.1) is 6.58 Å². The van der Waals surface area contributed by atoms with Gasteiger partial charge in [0, 0.05) is 6.54 Å². The van der Waals surface area contributed by atoms with Crippen LogP contribution in [0.15, 0.2) is 12.7 Å². The van der Waals surface area contributed by atoms with Crippen LogP contribution < -0.4 is 5.73 Å². The number of nitrogens with zero attached hydrogens (tertiary/aromatic N) is 1. The van der Waals surface area contributed by atoms with Crippen molar-refractivity contribution < 1.29 is 0 Å². The van der Waals surface area contributed by atoms with Crippen LogP contribution in [0.3, 0.4) is 0 Å². The minimum Gasteiger partial charge on any atom is -0.330 e. The van der Waals surface area contributed by atoms with E-state index in [1.54, 1.807) is 0 Å². The first-order valence-electron chi connectivity index (χ1n) is 7.31. The van der Waals surface area contributed by atoms with Gasteiger partial charge in [-0.25, -0.2) is 0 Å². The molecule has 2 N–H and O–H groups in total. The molecule has 0 aliphatic heterocycles. The third-order valence-corrected chi connectivity index (χ3v) is 3.29. The van der Waals surface area contributed by atoms with Gasteiger partial charge in [0.25, 0.3) is 0 Å². The van der Waals surface area contributed by atoms with Gasteiger partial charge in [0.05, 0.1) is 0 Å². The van der Waals surface area contributed by atoms with E-state index in [0.29, 0.717) is 0 Å². The molecule has 1 unspecified atom stereocenters. The molecule has 0 bridgehead atoms. The smallest absolute Gasteiger partial charge is 0.0160 e. The molecule has 0 fully saturated rings. The summed E-state index contributed by atoms with van der Waals surface area (Å²) in [6.45, 7) is 12.6. The SMILES string of the molecule is C=CCN(CCC)CCCC(CCC)CCN. The first-order valence-corrected chi connectivity index (χ1v) is 7.31. The topological polar surface area (TPSA) is 29.3 Å². The molecule has 0 saturated heterocycles. The summed E-state index contributed by atoms with van der Waals surface area (Å²) in [5.41, 5.74) is 5.66. The maximum atomic E-state index is 5.66. The molecule has 1 atom stereocenters. The number of hydrogen-bond acceptors (Lipinski definition) is 2. The highest BCUT2D eigenvalue weighted by molar-refractivity contribution is 4.73. The Morgan fingerprint density at radius 1 is 1.12 bits per heavy atom. The zero-order valence-corrected chi connectivity index (χ0v) is 12.0. The molecule has 0 aliphatic carbocycles. The van der Waals surface area contributed by atoms with Gasteiger partial charge in [-0.3, -0.25) is 4.90 Å². The van der Waals surface area contributed by atoms with Crippen LogP contribution in [0.2, 0.25) is 0 Å². The lowest BCUT2D eigenvalue weighted by Crippen LogP contribution is -2.26. The predicted octanol–water partition coefficient (Wildman–Crippen LogP) is 3.43. The Morgan fingerprint density at radius 2 is 1.88 bits per heavy atom. The molecule has 0 aromatic heterocycles. The molecule has 0 aliphatic rings. The molecule has 0 spiro atoms. The average molecular weight is 240 g/mol. The molecule has 0 aromatic carbocycles. The van der Waals surface area contributed by atoms with Crippen LogP contribution in [-0.2, 0) is 0 Å². The average Bonchev–Trinajstić information content (AvgIpc) is 2.30. The van der Waals surface area contributed by atoms with E-state index in [0.717, 1.165) is 19.0 Å².